The molecule has 4 aromatic rings. The third-order valence-corrected chi connectivity index (χ3v) is 6.98. The number of carbonyl (C=O) groups is 3. The van der Waals surface area contributed by atoms with E-state index in [9.17, 15) is 14.4 Å². The number of fused-ring (bicyclic) bond motifs is 1. The zero-order valence-corrected chi connectivity index (χ0v) is 22.1. The van der Waals surface area contributed by atoms with E-state index in [0.717, 1.165) is 33.0 Å². The minimum atomic E-state index is -0.520. The fourth-order valence-corrected chi connectivity index (χ4v) is 5.02. The fraction of sp³-hybridized carbons (Fsp3) is 0.129. The molecule has 0 saturated carbocycles. The van der Waals surface area contributed by atoms with Crippen LogP contribution in [-0.2, 0) is 16.2 Å². The maximum Gasteiger partial charge on any atom is 0.294 e. The van der Waals surface area contributed by atoms with Crippen molar-refractivity contribution in [2.75, 3.05) is 18.5 Å². The van der Waals surface area contributed by atoms with Gasteiger partial charge < -0.3 is 14.8 Å². The van der Waals surface area contributed by atoms with Gasteiger partial charge in [-0.1, -0.05) is 60.7 Å². The molecule has 8 heteroatoms. The summed E-state index contributed by atoms with van der Waals surface area (Å²) < 4.78 is 11.6. The Kier molecular flexibility index (Phi) is 7.94. The highest BCUT2D eigenvalue weighted by Crippen LogP contribution is 2.37. The lowest BCUT2D eigenvalue weighted by molar-refractivity contribution is -0.127. The number of carbonyl (C=O) groups excluding carboxylic acids is 3. The summed E-state index contributed by atoms with van der Waals surface area (Å²) in [5, 5.41) is 4.09. The van der Waals surface area contributed by atoms with Gasteiger partial charge in [-0.2, -0.15) is 0 Å². The Bertz CT molecular complexity index is 1550. The van der Waals surface area contributed by atoms with Gasteiger partial charge in [0, 0.05) is 11.3 Å². The first-order valence-corrected chi connectivity index (χ1v) is 13.3. The minimum absolute atomic E-state index is 0.231. The number of nitrogens with zero attached hydrogens (tertiary/aromatic N) is 1. The third kappa shape index (κ3) is 6.13. The van der Waals surface area contributed by atoms with Crippen LogP contribution in [0.5, 0.6) is 11.5 Å². The molecule has 1 fully saturated rings. The van der Waals surface area contributed by atoms with Gasteiger partial charge >= 0.3 is 0 Å². The minimum Gasteiger partial charge on any atom is -0.494 e. The van der Waals surface area contributed by atoms with Crippen molar-refractivity contribution < 1.29 is 23.9 Å². The molecule has 0 atom stereocenters. The van der Waals surface area contributed by atoms with Crippen molar-refractivity contribution >= 4 is 51.4 Å². The second kappa shape index (κ2) is 11.9. The number of anilines is 1. The highest BCUT2D eigenvalue weighted by atomic mass is 32.2. The van der Waals surface area contributed by atoms with Crippen LogP contribution in [0, 0.1) is 0 Å². The summed E-state index contributed by atoms with van der Waals surface area (Å²) in [7, 11) is 0. The lowest BCUT2D eigenvalue weighted by atomic mass is 10.0. The molecule has 196 valence electrons. The van der Waals surface area contributed by atoms with E-state index in [1.54, 1.807) is 30.3 Å². The Hall–Kier alpha value is -4.56. The van der Waals surface area contributed by atoms with Crippen LogP contribution in [0.3, 0.4) is 0 Å². The van der Waals surface area contributed by atoms with Gasteiger partial charge in [-0.25, -0.2) is 0 Å². The Morgan fingerprint density at radius 2 is 1.64 bits per heavy atom. The number of rotatable bonds is 9. The van der Waals surface area contributed by atoms with Crippen molar-refractivity contribution in [1.82, 2.24) is 4.90 Å². The zero-order chi connectivity index (χ0) is 27.2. The lowest BCUT2D eigenvalue weighted by Gasteiger charge is -2.14. The maximum absolute atomic E-state index is 13.2. The van der Waals surface area contributed by atoms with Crippen molar-refractivity contribution in [1.29, 1.82) is 0 Å². The molecule has 1 heterocycles. The van der Waals surface area contributed by atoms with Crippen LogP contribution in [0.25, 0.3) is 16.8 Å². The van der Waals surface area contributed by atoms with Gasteiger partial charge in [0.25, 0.3) is 11.1 Å². The van der Waals surface area contributed by atoms with E-state index in [-0.39, 0.29) is 11.4 Å². The standard InChI is InChI=1S/C31H26N2O5S/c1-2-37-24-15-13-23(14-16-24)32-29(34)19-33-30(35)28(39-31(33)36)18-26-25-11-7-6-10-22(25)12-17-27(26)38-20-21-8-4-3-5-9-21/h3-18H,2,19-20H2,1H3,(H,32,34)/b28-18+. The monoisotopic (exact) mass is 538 g/mol. The Morgan fingerprint density at radius 3 is 2.41 bits per heavy atom. The molecule has 1 aliphatic heterocycles. The van der Waals surface area contributed by atoms with E-state index in [0.29, 0.717) is 36.0 Å². The molecule has 0 spiro atoms. The van der Waals surface area contributed by atoms with Crippen LogP contribution in [0.15, 0.2) is 95.9 Å². The summed E-state index contributed by atoms with van der Waals surface area (Å²) in [6.07, 6.45) is 1.68. The van der Waals surface area contributed by atoms with Crippen LogP contribution in [0.2, 0.25) is 0 Å². The second-order valence-corrected chi connectivity index (χ2v) is 9.74. The summed E-state index contributed by atoms with van der Waals surface area (Å²) in [5.74, 6) is 0.290. The molecule has 1 saturated heterocycles. The van der Waals surface area contributed by atoms with Gasteiger partial charge in [0.2, 0.25) is 5.91 Å². The molecule has 39 heavy (non-hydrogen) atoms. The number of nitrogens with one attached hydrogen (secondary N) is 1. The fourth-order valence-electron chi connectivity index (χ4n) is 4.20. The van der Waals surface area contributed by atoms with Gasteiger partial charge in [0.1, 0.15) is 24.7 Å². The Labute approximate surface area is 230 Å². The van der Waals surface area contributed by atoms with Crippen molar-refractivity contribution in [3.05, 3.63) is 107 Å². The molecule has 0 bridgehead atoms. The molecule has 1 N–H and O–H groups in total. The molecule has 0 unspecified atom stereocenters. The number of imide groups is 1. The first-order valence-electron chi connectivity index (χ1n) is 12.5. The first kappa shape index (κ1) is 26.1. The molecule has 0 aliphatic carbocycles. The first-order chi connectivity index (χ1) is 19.0. The van der Waals surface area contributed by atoms with E-state index < -0.39 is 17.1 Å². The van der Waals surface area contributed by atoms with Gasteiger partial charge in [-0.05, 0) is 71.4 Å². The number of thioether (sulfide) groups is 1. The molecule has 7 nitrogen and oxygen atoms in total. The average molecular weight is 539 g/mol. The molecule has 4 aromatic carbocycles. The zero-order valence-electron chi connectivity index (χ0n) is 21.3. The normalized spacial score (nSPS) is 14.2. The summed E-state index contributed by atoms with van der Waals surface area (Å²) in [4.78, 5) is 39.8. The van der Waals surface area contributed by atoms with E-state index in [4.69, 9.17) is 9.47 Å². The molecular weight excluding hydrogens is 512 g/mol. The van der Waals surface area contributed by atoms with Crippen molar-refractivity contribution in [2.45, 2.75) is 13.5 Å². The summed E-state index contributed by atoms with van der Waals surface area (Å²) >= 11 is 0.811. The Morgan fingerprint density at radius 1 is 0.897 bits per heavy atom. The predicted molar refractivity (Wildman–Crippen MR) is 154 cm³/mol. The van der Waals surface area contributed by atoms with E-state index in [2.05, 4.69) is 5.32 Å². The summed E-state index contributed by atoms with van der Waals surface area (Å²) in [6, 6.07) is 28.3. The molecule has 0 radical (unpaired) electrons. The number of hydrogen-bond donors (Lipinski definition) is 1. The smallest absolute Gasteiger partial charge is 0.294 e. The van der Waals surface area contributed by atoms with Gasteiger partial charge in [0.05, 0.1) is 11.5 Å². The van der Waals surface area contributed by atoms with Crippen LogP contribution in [-0.4, -0.2) is 35.1 Å². The van der Waals surface area contributed by atoms with Gasteiger partial charge in [-0.3, -0.25) is 19.3 Å². The van der Waals surface area contributed by atoms with Crippen LogP contribution in [0.4, 0.5) is 10.5 Å². The largest absolute Gasteiger partial charge is 0.494 e. The molecule has 1 aliphatic rings. The topological polar surface area (TPSA) is 84.9 Å². The number of ether oxygens (including phenoxy) is 2. The average Bonchev–Trinajstić information content (AvgIpc) is 3.21. The quantitative estimate of drug-likeness (QED) is 0.245. The molecule has 5 rings (SSSR count). The van der Waals surface area contributed by atoms with Gasteiger partial charge in [-0.15, -0.1) is 0 Å². The van der Waals surface area contributed by atoms with Crippen LogP contribution in [0.1, 0.15) is 18.1 Å². The van der Waals surface area contributed by atoms with Crippen molar-refractivity contribution in [3.63, 3.8) is 0 Å². The van der Waals surface area contributed by atoms with Crippen molar-refractivity contribution in [2.24, 2.45) is 0 Å². The number of amides is 3. The molecular formula is C31H26N2O5S. The van der Waals surface area contributed by atoms with Crippen LogP contribution < -0.4 is 14.8 Å². The predicted octanol–water partition coefficient (Wildman–Crippen LogP) is 6.49. The SMILES string of the molecule is CCOc1ccc(NC(=O)CN2C(=O)S/C(=C/c3c(OCc4ccccc4)ccc4ccccc34)C2=O)cc1. The van der Waals surface area contributed by atoms with Crippen LogP contribution >= 0.6 is 11.8 Å². The van der Waals surface area contributed by atoms with Gasteiger partial charge in [0.15, 0.2) is 0 Å². The lowest BCUT2D eigenvalue weighted by Crippen LogP contribution is -2.36. The molecule has 3 amide bonds. The third-order valence-electron chi connectivity index (χ3n) is 6.07. The van der Waals surface area contributed by atoms with E-state index in [1.165, 1.54) is 0 Å². The number of benzene rings is 4. The van der Waals surface area contributed by atoms with Crippen molar-refractivity contribution in [3.8, 4) is 11.5 Å². The Balaban J connectivity index is 1.35. The number of hydrogen-bond acceptors (Lipinski definition) is 6. The maximum atomic E-state index is 13.2. The van der Waals surface area contributed by atoms with E-state index in [1.807, 2.05) is 73.7 Å². The van der Waals surface area contributed by atoms with E-state index >= 15 is 0 Å². The highest BCUT2D eigenvalue weighted by Gasteiger charge is 2.36. The second-order valence-electron chi connectivity index (χ2n) is 8.75. The highest BCUT2D eigenvalue weighted by molar-refractivity contribution is 8.18. The summed E-state index contributed by atoms with van der Waals surface area (Å²) in [6.45, 7) is 2.40. The molecule has 0 aromatic heterocycles. The summed E-state index contributed by atoms with van der Waals surface area (Å²) in [5.41, 5.74) is 2.26.